The van der Waals surface area contributed by atoms with Gasteiger partial charge < -0.3 is 9.47 Å². The van der Waals surface area contributed by atoms with E-state index in [0.29, 0.717) is 25.6 Å². The van der Waals surface area contributed by atoms with Crippen LogP contribution in [-0.4, -0.2) is 25.2 Å². The van der Waals surface area contributed by atoms with E-state index in [1.54, 1.807) is 6.92 Å². The van der Waals surface area contributed by atoms with Crippen molar-refractivity contribution >= 4 is 11.9 Å². The molecule has 0 saturated carbocycles. The van der Waals surface area contributed by atoms with Gasteiger partial charge in [0, 0.05) is 0 Å². The predicted molar refractivity (Wildman–Crippen MR) is 100 cm³/mol. The van der Waals surface area contributed by atoms with Crippen LogP contribution in [0.15, 0.2) is 12.2 Å². The molecule has 0 aromatic carbocycles. The fourth-order valence-corrected chi connectivity index (χ4v) is 3.24. The molecule has 4 nitrogen and oxygen atoms in total. The first-order chi connectivity index (χ1) is 12.0. The molecule has 0 radical (unpaired) electrons. The van der Waals surface area contributed by atoms with Crippen molar-refractivity contribution in [2.75, 3.05) is 13.2 Å². The van der Waals surface area contributed by atoms with Gasteiger partial charge in [-0.25, -0.2) is 0 Å². The second-order valence-electron chi connectivity index (χ2n) is 7.35. The number of rotatable bonds is 11. The maximum atomic E-state index is 12.7. The van der Waals surface area contributed by atoms with E-state index < -0.39 is 11.3 Å². The van der Waals surface area contributed by atoms with Crippen molar-refractivity contribution in [2.24, 2.45) is 17.3 Å². The molecule has 1 aliphatic carbocycles. The number of ether oxygens (including phenoxy) is 2. The topological polar surface area (TPSA) is 52.6 Å². The number of carbonyl (C=O) groups is 2. The number of unbranched alkanes of at least 4 members (excludes halogenated alkanes) is 2. The highest BCUT2D eigenvalue weighted by molar-refractivity contribution is 5.87. The Hall–Kier alpha value is -1.32. The highest BCUT2D eigenvalue weighted by Gasteiger charge is 2.46. The van der Waals surface area contributed by atoms with Crippen molar-refractivity contribution < 1.29 is 19.1 Å². The zero-order valence-corrected chi connectivity index (χ0v) is 16.5. The maximum absolute atomic E-state index is 12.7. The standard InChI is InChI=1S/C21H36O4/c1-5-8-12-17(7-3)16-25-19(22)18-13-10-11-14-21(18,4)20(23)24-15-9-6-2/h11,14,17-18H,5-10,12-13,15-16H2,1-4H3. The lowest BCUT2D eigenvalue weighted by Crippen LogP contribution is -2.42. The average Bonchev–Trinajstić information content (AvgIpc) is 2.62. The summed E-state index contributed by atoms with van der Waals surface area (Å²) in [4.78, 5) is 25.2. The van der Waals surface area contributed by atoms with Gasteiger partial charge in [-0.3, -0.25) is 9.59 Å². The van der Waals surface area contributed by atoms with Crippen molar-refractivity contribution in [1.82, 2.24) is 0 Å². The molecule has 25 heavy (non-hydrogen) atoms. The second-order valence-corrected chi connectivity index (χ2v) is 7.35. The van der Waals surface area contributed by atoms with Crippen LogP contribution in [0, 0.1) is 17.3 Å². The van der Waals surface area contributed by atoms with Crippen LogP contribution in [0.5, 0.6) is 0 Å². The Morgan fingerprint density at radius 1 is 1.16 bits per heavy atom. The SMILES string of the molecule is CCCCOC(=O)C1(C)C=CCCC1C(=O)OCC(CC)CCCC. The van der Waals surface area contributed by atoms with Crippen LogP contribution in [0.3, 0.4) is 0 Å². The molecule has 0 heterocycles. The molecule has 0 saturated heterocycles. The quantitative estimate of drug-likeness (QED) is 0.296. The molecule has 0 bridgehead atoms. The molecular weight excluding hydrogens is 316 g/mol. The molecule has 0 aromatic rings. The minimum Gasteiger partial charge on any atom is -0.465 e. The predicted octanol–water partition coefficient (Wildman–Crippen LogP) is 5.06. The molecule has 0 amide bonds. The summed E-state index contributed by atoms with van der Waals surface area (Å²) < 4.78 is 11.0. The van der Waals surface area contributed by atoms with E-state index >= 15 is 0 Å². The van der Waals surface area contributed by atoms with Crippen LogP contribution >= 0.6 is 0 Å². The molecule has 0 N–H and O–H groups in total. The highest BCUT2D eigenvalue weighted by atomic mass is 16.5. The monoisotopic (exact) mass is 352 g/mol. The van der Waals surface area contributed by atoms with Gasteiger partial charge in [0.25, 0.3) is 0 Å². The maximum Gasteiger partial charge on any atom is 0.316 e. The Kier molecular flexibility index (Phi) is 9.84. The van der Waals surface area contributed by atoms with E-state index in [4.69, 9.17) is 9.47 Å². The van der Waals surface area contributed by atoms with Crippen LogP contribution < -0.4 is 0 Å². The van der Waals surface area contributed by atoms with Gasteiger partial charge in [0.05, 0.1) is 24.5 Å². The van der Waals surface area contributed by atoms with Gasteiger partial charge in [-0.1, -0.05) is 58.6 Å². The van der Waals surface area contributed by atoms with Crippen LogP contribution in [0.2, 0.25) is 0 Å². The molecule has 144 valence electrons. The molecule has 3 atom stereocenters. The van der Waals surface area contributed by atoms with Crippen molar-refractivity contribution in [3.63, 3.8) is 0 Å². The fourth-order valence-electron chi connectivity index (χ4n) is 3.24. The van der Waals surface area contributed by atoms with Gasteiger partial charge in [-0.15, -0.1) is 0 Å². The average molecular weight is 353 g/mol. The van der Waals surface area contributed by atoms with Crippen molar-refractivity contribution in [3.8, 4) is 0 Å². The zero-order chi connectivity index (χ0) is 18.7. The van der Waals surface area contributed by atoms with Crippen molar-refractivity contribution in [3.05, 3.63) is 12.2 Å². The third kappa shape index (κ3) is 6.48. The third-order valence-electron chi connectivity index (χ3n) is 5.27. The number of hydrogen-bond donors (Lipinski definition) is 0. The van der Waals surface area contributed by atoms with Crippen LogP contribution in [0.4, 0.5) is 0 Å². The molecule has 1 aliphatic rings. The van der Waals surface area contributed by atoms with E-state index in [1.807, 2.05) is 12.2 Å². The first-order valence-electron chi connectivity index (χ1n) is 10.0. The molecule has 0 aromatic heterocycles. The first kappa shape index (κ1) is 21.7. The van der Waals surface area contributed by atoms with E-state index in [-0.39, 0.29) is 11.9 Å². The number of allylic oxidation sites excluding steroid dienone is 1. The van der Waals surface area contributed by atoms with Crippen LogP contribution in [-0.2, 0) is 19.1 Å². The largest absolute Gasteiger partial charge is 0.465 e. The summed E-state index contributed by atoms with van der Waals surface area (Å²) in [6.45, 7) is 9.03. The van der Waals surface area contributed by atoms with Gasteiger partial charge in [-0.2, -0.15) is 0 Å². The van der Waals surface area contributed by atoms with Crippen LogP contribution in [0.1, 0.15) is 79.1 Å². The molecule has 0 aliphatic heterocycles. The third-order valence-corrected chi connectivity index (χ3v) is 5.27. The Balaban J connectivity index is 2.67. The summed E-state index contributed by atoms with van der Waals surface area (Å²) in [6.07, 6.45) is 11.5. The van der Waals surface area contributed by atoms with Crippen molar-refractivity contribution in [2.45, 2.75) is 79.1 Å². The molecule has 0 spiro atoms. The summed E-state index contributed by atoms with van der Waals surface area (Å²) >= 11 is 0. The molecule has 4 heteroatoms. The van der Waals surface area contributed by atoms with E-state index in [1.165, 1.54) is 0 Å². The van der Waals surface area contributed by atoms with Gasteiger partial charge in [0.1, 0.15) is 0 Å². The summed E-state index contributed by atoms with van der Waals surface area (Å²) in [5.74, 6) is -0.604. The van der Waals surface area contributed by atoms with Gasteiger partial charge in [-0.05, 0) is 38.5 Å². The normalized spacial score (nSPS) is 23.9. The summed E-state index contributed by atoms with van der Waals surface area (Å²) in [7, 11) is 0. The first-order valence-corrected chi connectivity index (χ1v) is 10.0. The van der Waals surface area contributed by atoms with E-state index in [0.717, 1.165) is 44.9 Å². The molecule has 0 fully saturated rings. The Bertz CT molecular complexity index is 443. The zero-order valence-electron chi connectivity index (χ0n) is 16.5. The second kappa shape index (κ2) is 11.3. The highest BCUT2D eigenvalue weighted by Crippen LogP contribution is 2.39. The number of esters is 2. The Labute approximate surface area is 153 Å². The lowest BCUT2D eigenvalue weighted by atomic mass is 9.71. The van der Waals surface area contributed by atoms with Crippen molar-refractivity contribution in [1.29, 1.82) is 0 Å². The van der Waals surface area contributed by atoms with Gasteiger partial charge in [0.2, 0.25) is 0 Å². The van der Waals surface area contributed by atoms with E-state index in [2.05, 4.69) is 20.8 Å². The summed E-state index contributed by atoms with van der Waals surface area (Å²) in [5, 5.41) is 0. The molecule has 3 unspecified atom stereocenters. The molecular formula is C21H36O4. The Morgan fingerprint density at radius 3 is 2.52 bits per heavy atom. The summed E-state index contributed by atoms with van der Waals surface area (Å²) in [5.41, 5.74) is -0.909. The van der Waals surface area contributed by atoms with Crippen LogP contribution in [0.25, 0.3) is 0 Å². The molecule has 1 rings (SSSR count). The lowest BCUT2D eigenvalue weighted by Gasteiger charge is -2.34. The Morgan fingerprint density at radius 2 is 1.88 bits per heavy atom. The van der Waals surface area contributed by atoms with Gasteiger partial charge >= 0.3 is 11.9 Å². The minimum atomic E-state index is -0.909. The van der Waals surface area contributed by atoms with Gasteiger partial charge in [0.15, 0.2) is 0 Å². The van der Waals surface area contributed by atoms with E-state index in [9.17, 15) is 9.59 Å². The fraction of sp³-hybridized carbons (Fsp3) is 0.810. The number of carbonyl (C=O) groups excluding carboxylic acids is 2. The minimum absolute atomic E-state index is 0.255. The summed E-state index contributed by atoms with van der Waals surface area (Å²) in [6, 6.07) is 0. The number of hydrogen-bond acceptors (Lipinski definition) is 4. The lowest BCUT2D eigenvalue weighted by molar-refractivity contribution is -0.166. The smallest absolute Gasteiger partial charge is 0.316 e.